The van der Waals surface area contributed by atoms with Crippen molar-refractivity contribution in [2.75, 3.05) is 23.1 Å². The van der Waals surface area contributed by atoms with Gasteiger partial charge in [0.05, 0.1) is 16.3 Å². The molecule has 1 atom stereocenters. The fourth-order valence-corrected chi connectivity index (χ4v) is 5.52. The summed E-state index contributed by atoms with van der Waals surface area (Å²) in [7, 11) is -3.99. The van der Waals surface area contributed by atoms with Gasteiger partial charge in [-0.2, -0.15) is 0 Å². The number of benzene rings is 2. The maximum atomic E-state index is 13.7. The van der Waals surface area contributed by atoms with Crippen LogP contribution in [0, 0.1) is 12.7 Å². The van der Waals surface area contributed by atoms with E-state index in [4.69, 9.17) is 0 Å². The van der Waals surface area contributed by atoms with Crippen LogP contribution in [0.15, 0.2) is 46.2 Å². The molecule has 2 aliphatic heterocycles. The lowest BCUT2D eigenvalue weighted by atomic mass is 10.2. The molecule has 2 aromatic carbocycles. The third-order valence-electron chi connectivity index (χ3n) is 5.07. The zero-order valence-corrected chi connectivity index (χ0v) is 17.8. The number of nitrogens with zero attached hydrogens (tertiary/aromatic N) is 1. The molecule has 2 amide bonds. The first-order valence-corrected chi connectivity index (χ1v) is 11.8. The van der Waals surface area contributed by atoms with Crippen molar-refractivity contribution < 1.29 is 22.4 Å². The Morgan fingerprint density at radius 1 is 1.20 bits per heavy atom. The van der Waals surface area contributed by atoms with Gasteiger partial charge in [0, 0.05) is 18.0 Å². The number of anilines is 2. The quantitative estimate of drug-likeness (QED) is 0.700. The number of amides is 2. The van der Waals surface area contributed by atoms with E-state index in [1.54, 1.807) is 17.9 Å². The van der Waals surface area contributed by atoms with Crippen molar-refractivity contribution in [2.45, 2.75) is 34.8 Å². The highest BCUT2D eigenvalue weighted by atomic mass is 32.2. The summed E-state index contributed by atoms with van der Waals surface area (Å²) in [6.07, 6.45) is 1.86. The number of nitrogens with one attached hydrogen (secondary N) is 2. The van der Waals surface area contributed by atoms with Gasteiger partial charge in [0.2, 0.25) is 11.8 Å². The summed E-state index contributed by atoms with van der Waals surface area (Å²) in [4.78, 5) is 27.3. The van der Waals surface area contributed by atoms with E-state index in [0.717, 1.165) is 30.7 Å². The Kier molecular flexibility index (Phi) is 5.46. The number of hydrogen-bond donors (Lipinski definition) is 2. The van der Waals surface area contributed by atoms with Gasteiger partial charge >= 0.3 is 0 Å². The van der Waals surface area contributed by atoms with Crippen LogP contribution < -0.4 is 10.0 Å². The molecule has 2 heterocycles. The second kappa shape index (κ2) is 7.92. The normalized spacial score (nSPS) is 18.7. The third kappa shape index (κ3) is 4.01. The van der Waals surface area contributed by atoms with E-state index in [-0.39, 0.29) is 16.5 Å². The van der Waals surface area contributed by atoms with Crippen LogP contribution in [0.2, 0.25) is 0 Å². The molecule has 10 heteroatoms. The van der Waals surface area contributed by atoms with Crippen LogP contribution in [0.25, 0.3) is 0 Å². The van der Waals surface area contributed by atoms with Crippen molar-refractivity contribution in [1.82, 2.24) is 4.90 Å². The molecule has 7 nitrogen and oxygen atoms in total. The first-order valence-electron chi connectivity index (χ1n) is 9.44. The van der Waals surface area contributed by atoms with Crippen LogP contribution in [0.5, 0.6) is 0 Å². The number of hydrogen-bond acceptors (Lipinski definition) is 5. The molecule has 2 N–H and O–H groups in total. The molecule has 0 aliphatic carbocycles. The topological polar surface area (TPSA) is 95.6 Å². The molecule has 0 radical (unpaired) electrons. The Morgan fingerprint density at radius 3 is 2.63 bits per heavy atom. The Hall–Kier alpha value is -2.59. The van der Waals surface area contributed by atoms with Gasteiger partial charge in [0.1, 0.15) is 5.82 Å². The lowest BCUT2D eigenvalue weighted by molar-refractivity contribution is -0.133. The second-order valence-electron chi connectivity index (χ2n) is 7.25. The zero-order chi connectivity index (χ0) is 21.5. The van der Waals surface area contributed by atoms with Crippen LogP contribution in [0.3, 0.4) is 0 Å². The van der Waals surface area contributed by atoms with E-state index in [1.807, 2.05) is 0 Å². The summed E-state index contributed by atoms with van der Waals surface area (Å²) >= 11 is 1.12. The van der Waals surface area contributed by atoms with Crippen molar-refractivity contribution >= 4 is 45.0 Å². The van der Waals surface area contributed by atoms with Crippen molar-refractivity contribution in [3.05, 3.63) is 47.8 Å². The molecule has 0 saturated carbocycles. The van der Waals surface area contributed by atoms with Crippen molar-refractivity contribution in [3.8, 4) is 0 Å². The van der Waals surface area contributed by atoms with Gasteiger partial charge in [-0.05, 0) is 55.7 Å². The lowest BCUT2D eigenvalue weighted by Crippen LogP contribution is -2.43. The average molecular weight is 450 g/mol. The van der Waals surface area contributed by atoms with Gasteiger partial charge in [-0.25, -0.2) is 12.8 Å². The number of carbonyl (C=O) groups is 2. The average Bonchev–Trinajstić information content (AvgIpc) is 3.24. The molecule has 0 spiro atoms. The number of halogens is 1. The third-order valence-corrected chi connectivity index (χ3v) is 7.71. The number of thioether (sulfide) groups is 1. The number of sulfonamides is 1. The van der Waals surface area contributed by atoms with Crippen LogP contribution in [0.1, 0.15) is 18.4 Å². The molecule has 0 bridgehead atoms. The fourth-order valence-electron chi connectivity index (χ4n) is 3.39. The summed E-state index contributed by atoms with van der Waals surface area (Å²) in [6, 6.07) is 8.36. The highest BCUT2D eigenvalue weighted by Gasteiger charge is 2.37. The molecule has 158 valence electrons. The second-order valence-corrected chi connectivity index (χ2v) is 10.1. The molecular weight excluding hydrogens is 429 g/mol. The van der Waals surface area contributed by atoms with Gasteiger partial charge in [-0.1, -0.05) is 6.07 Å². The van der Waals surface area contributed by atoms with E-state index in [2.05, 4.69) is 10.0 Å². The van der Waals surface area contributed by atoms with E-state index < -0.39 is 27.0 Å². The highest BCUT2D eigenvalue weighted by Crippen LogP contribution is 2.38. The smallest absolute Gasteiger partial charge is 0.261 e. The number of likely N-dealkylation sites (tertiary alicyclic amines) is 1. The molecule has 30 heavy (non-hydrogen) atoms. The molecular formula is C20H20FN3O4S2. The Balaban J connectivity index is 1.55. The predicted molar refractivity (Wildman–Crippen MR) is 112 cm³/mol. The summed E-state index contributed by atoms with van der Waals surface area (Å²) in [5.41, 5.74) is 0.837. The van der Waals surface area contributed by atoms with Gasteiger partial charge in [-0.15, -0.1) is 11.8 Å². The van der Waals surface area contributed by atoms with E-state index in [9.17, 15) is 22.4 Å². The van der Waals surface area contributed by atoms with Gasteiger partial charge in [-0.3, -0.25) is 14.3 Å². The first-order chi connectivity index (χ1) is 14.2. The minimum Gasteiger partial charge on any atom is -0.341 e. The van der Waals surface area contributed by atoms with Crippen LogP contribution >= 0.6 is 11.8 Å². The highest BCUT2D eigenvalue weighted by molar-refractivity contribution is 8.01. The number of aryl methyl sites for hydroxylation is 1. The zero-order valence-electron chi connectivity index (χ0n) is 16.1. The van der Waals surface area contributed by atoms with Crippen LogP contribution in [-0.4, -0.2) is 43.5 Å². The summed E-state index contributed by atoms with van der Waals surface area (Å²) in [6.45, 7) is 2.89. The number of fused-ring (bicyclic) bond motifs is 1. The molecule has 1 saturated heterocycles. The SMILES string of the molecule is Cc1ccc(NS(=O)(=O)c2ccc3c(c2)NC(=O)C(C(=O)N2CCCC2)S3)cc1F. The van der Waals surface area contributed by atoms with Crippen molar-refractivity contribution in [1.29, 1.82) is 0 Å². The molecule has 1 fully saturated rings. The standard InChI is InChI=1S/C20H20FN3O4S2/c1-12-4-5-13(10-15(12)21)23-30(27,28)14-6-7-17-16(11-14)22-19(25)18(29-17)20(26)24-8-2-3-9-24/h4-7,10-11,18,23H,2-3,8-9H2,1H3,(H,22,25). The monoisotopic (exact) mass is 449 g/mol. The first kappa shape index (κ1) is 20.7. The summed E-state index contributed by atoms with van der Waals surface area (Å²) in [5, 5.41) is 1.77. The molecule has 4 rings (SSSR count). The largest absolute Gasteiger partial charge is 0.341 e. The van der Waals surface area contributed by atoms with E-state index >= 15 is 0 Å². The Morgan fingerprint density at radius 2 is 1.93 bits per heavy atom. The van der Waals surface area contributed by atoms with Crippen LogP contribution in [0.4, 0.5) is 15.8 Å². The molecule has 1 unspecified atom stereocenters. The van der Waals surface area contributed by atoms with Crippen LogP contribution in [-0.2, 0) is 19.6 Å². The predicted octanol–water partition coefficient (Wildman–Crippen LogP) is 2.97. The minimum absolute atomic E-state index is 0.0764. The van der Waals surface area contributed by atoms with Gasteiger partial charge in [0.25, 0.3) is 10.0 Å². The maximum Gasteiger partial charge on any atom is 0.261 e. The maximum absolute atomic E-state index is 13.7. The van der Waals surface area contributed by atoms with E-state index in [1.165, 1.54) is 24.3 Å². The van der Waals surface area contributed by atoms with E-state index in [0.29, 0.717) is 29.2 Å². The van der Waals surface area contributed by atoms with Crippen molar-refractivity contribution in [2.24, 2.45) is 0 Å². The fraction of sp³-hybridized carbons (Fsp3) is 0.300. The van der Waals surface area contributed by atoms with Gasteiger partial charge in [0.15, 0.2) is 5.25 Å². The minimum atomic E-state index is -3.99. The number of rotatable bonds is 4. The molecule has 2 aliphatic rings. The summed E-state index contributed by atoms with van der Waals surface area (Å²) in [5.74, 6) is -1.20. The number of carbonyl (C=O) groups excluding carboxylic acids is 2. The Bertz CT molecular complexity index is 1130. The summed E-state index contributed by atoms with van der Waals surface area (Å²) < 4.78 is 41.5. The van der Waals surface area contributed by atoms with Crippen molar-refractivity contribution in [3.63, 3.8) is 0 Å². The molecule has 0 aromatic heterocycles. The molecule has 2 aromatic rings. The lowest BCUT2D eigenvalue weighted by Gasteiger charge is -2.27. The Labute approximate surface area is 178 Å². The van der Waals surface area contributed by atoms with Gasteiger partial charge < -0.3 is 10.2 Å².